The van der Waals surface area contributed by atoms with Crippen molar-refractivity contribution < 1.29 is 4.79 Å². The number of amides is 1. The van der Waals surface area contributed by atoms with Crippen molar-refractivity contribution in [1.82, 2.24) is 0 Å². The molecule has 1 aliphatic rings. The summed E-state index contributed by atoms with van der Waals surface area (Å²) in [6.07, 6.45) is 7.19. The largest absolute Gasteiger partial charge is 0.373 e. The van der Waals surface area contributed by atoms with Crippen LogP contribution in [-0.4, -0.2) is 11.9 Å². The molecule has 0 radical (unpaired) electrons. The number of carbonyl (C=O) groups excluding carboxylic acids is 1. The molecule has 104 valence electrons. The molecule has 0 bridgehead atoms. The summed E-state index contributed by atoms with van der Waals surface area (Å²) in [5, 5.41) is 3.27. The van der Waals surface area contributed by atoms with Gasteiger partial charge < -0.3 is 11.1 Å². The highest BCUT2D eigenvalue weighted by Crippen LogP contribution is 2.29. The van der Waals surface area contributed by atoms with Gasteiger partial charge in [0.1, 0.15) is 6.04 Å². The fourth-order valence-electron chi connectivity index (χ4n) is 2.77. The second kappa shape index (κ2) is 6.94. The van der Waals surface area contributed by atoms with E-state index in [2.05, 4.69) is 21.2 Å². The van der Waals surface area contributed by atoms with Crippen LogP contribution in [0.1, 0.15) is 38.5 Å². The van der Waals surface area contributed by atoms with Crippen LogP contribution in [0.2, 0.25) is 0 Å². The summed E-state index contributed by atoms with van der Waals surface area (Å²) in [6, 6.07) is 7.55. The van der Waals surface area contributed by atoms with Gasteiger partial charge in [-0.05, 0) is 40.4 Å². The van der Waals surface area contributed by atoms with Crippen molar-refractivity contribution in [2.75, 3.05) is 5.32 Å². The third kappa shape index (κ3) is 4.23. The van der Waals surface area contributed by atoms with Crippen molar-refractivity contribution in [3.63, 3.8) is 0 Å². The van der Waals surface area contributed by atoms with E-state index < -0.39 is 0 Å². The third-order valence-electron chi connectivity index (χ3n) is 3.84. The Labute approximate surface area is 123 Å². The Morgan fingerprint density at radius 2 is 2.00 bits per heavy atom. The van der Waals surface area contributed by atoms with Gasteiger partial charge >= 0.3 is 0 Å². The fraction of sp³-hybridized carbons (Fsp3) is 0.533. The maximum atomic E-state index is 11.6. The number of para-hydroxylation sites is 1. The topological polar surface area (TPSA) is 55.1 Å². The van der Waals surface area contributed by atoms with Crippen molar-refractivity contribution in [3.05, 3.63) is 28.7 Å². The van der Waals surface area contributed by atoms with E-state index in [0.29, 0.717) is 5.92 Å². The molecule has 1 fully saturated rings. The van der Waals surface area contributed by atoms with Crippen molar-refractivity contribution >= 4 is 27.5 Å². The van der Waals surface area contributed by atoms with E-state index in [1.165, 1.54) is 32.1 Å². The summed E-state index contributed by atoms with van der Waals surface area (Å²) < 4.78 is 0.963. The van der Waals surface area contributed by atoms with Crippen molar-refractivity contribution in [2.45, 2.75) is 44.6 Å². The zero-order valence-corrected chi connectivity index (χ0v) is 12.7. The highest BCUT2D eigenvalue weighted by Gasteiger charge is 2.22. The number of hydrogen-bond donors (Lipinski definition) is 2. The standard InChI is InChI=1S/C15H21BrN2O/c16-12-8-4-5-9-13(12)18-14(15(17)19)10-11-6-2-1-3-7-11/h4-5,8-9,11,14,18H,1-3,6-7,10H2,(H2,17,19). The average Bonchev–Trinajstić information content (AvgIpc) is 2.41. The first-order chi connectivity index (χ1) is 9.16. The smallest absolute Gasteiger partial charge is 0.239 e. The van der Waals surface area contributed by atoms with Crippen LogP contribution in [0.15, 0.2) is 28.7 Å². The maximum Gasteiger partial charge on any atom is 0.239 e. The minimum atomic E-state index is -0.276. The molecule has 1 unspecified atom stereocenters. The lowest BCUT2D eigenvalue weighted by Gasteiger charge is -2.26. The molecule has 4 heteroatoms. The lowest BCUT2D eigenvalue weighted by atomic mass is 9.84. The molecular formula is C15H21BrN2O. The van der Waals surface area contributed by atoms with Gasteiger partial charge in [0, 0.05) is 10.2 Å². The molecule has 3 nitrogen and oxygen atoms in total. The summed E-state index contributed by atoms with van der Waals surface area (Å²) in [7, 11) is 0. The Balaban J connectivity index is 2.00. The van der Waals surface area contributed by atoms with E-state index in [9.17, 15) is 4.79 Å². The predicted molar refractivity (Wildman–Crippen MR) is 81.9 cm³/mol. The quantitative estimate of drug-likeness (QED) is 0.867. The number of benzene rings is 1. The summed E-state index contributed by atoms with van der Waals surface area (Å²) in [4.78, 5) is 11.6. The van der Waals surface area contributed by atoms with Gasteiger partial charge in [-0.15, -0.1) is 0 Å². The molecule has 1 saturated carbocycles. The molecular weight excluding hydrogens is 304 g/mol. The number of carbonyl (C=O) groups is 1. The van der Waals surface area contributed by atoms with Crippen molar-refractivity contribution in [2.24, 2.45) is 11.7 Å². The van der Waals surface area contributed by atoms with Crippen molar-refractivity contribution in [1.29, 1.82) is 0 Å². The molecule has 19 heavy (non-hydrogen) atoms. The first kappa shape index (κ1) is 14.4. The van der Waals surface area contributed by atoms with Crippen LogP contribution in [-0.2, 0) is 4.79 Å². The number of rotatable bonds is 5. The molecule has 1 aromatic carbocycles. The Hall–Kier alpha value is -1.03. The molecule has 1 aliphatic carbocycles. The predicted octanol–water partition coefficient (Wildman–Crippen LogP) is 3.69. The number of nitrogens with two attached hydrogens (primary N) is 1. The minimum absolute atomic E-state index is 0.263. The second-order valence-corrected chi connectivity index (χ2v) is 6.17. The van der Waals surface area contributed by atoms with Crippen LogP contribution in [0, 0.1) is 5.92 Å². The minimum Gasteiger partial charge on any atom is -0.373 e. The van der Waals surface area contributed by atoms with E-state index >= 15 is 0 Å². The normalized spacial score (nSPS) is 17.9. The number of primary amides is 1. The average molecular weight is 325 g/mol. The molecule has 1 atom stereocenters. The Bertz CT molecular complexity index is 430. The van der Waals surface area contributed by atoms with Gasteiger partial charge in [-0.2, -0.15) is 0 Å². The molecule has 0 saturated heterocycles. The molecule has 0 aromatic heterocycles. The third-order valence-corrected chi connectivity index (χ3v) is 4.53. The Morgan fingerprint density at radius 3 is 2.63 bits per heavy atom. The summed E-state index contributed by atoms with van der Waals surface area (Å²) >= 11 is 3.48. The number of nitrogens with one attached hydrogen (secondary N) is 1. The molecule has 0 heterocycles. The fourth-order valence-corrected chi connectivity index (χ4v) is 3.17. The number of hydrogen-bond acceptors (Lipinski definition) is 2. The Kier molecular flexibility index (Phi) is 5.25. The molecule has 2 rings (SSSR count). The lowest BCUT2D eigenvalue weighted by Crippen LogP contribution is -2.37. The van der Waals surface area contributed by atoms with Crippen LogP contribution in [0.4, 0.5) is 5.69 Å². The van der Waals surface area contributed by atoms with Gasteiger partial charge in [0.25, 0.3) is 0 Å². The van der Waals surface area contributed by atoms with Crippen LogP contribution < -0.4 is 11.1 Å². The van der Waals surface area contributed by atoms with E-state index in [-0.39, 0.29) is 11.9 Å². The summed E-state index contributed by atoms with van der Waals surface area (Å²) in [6.45, 7) is 0. The number of halogens is 1. The monoisotopic (exact) mass is 324 g/mol. The van der Waals surface area contributed by atoms with E-state index in [1.54, 1.807) is 0 Å². The van der Waals surface area contributed by atoms with Crippen molar-refractivity contribution in [3.8, 4) is 0 Å². The second-order valence-electron chi connectivity index (χ2n) is 5.32. The zero-order chi connectivity index (χ0) is 13.7. The van der Waals surface area contributed by atoms with Gasteiger partial charge in [0.2, 0.25) is 5.91 Å². The van der Waals surface area contributed by atoms with Gasteiger partial charge in [0.15, 0.2) is 0 Å². The molecule has 0 aliphatic heterocycles. The molecule has 3 N–H and O–H groups in total. The lowest BCUT2D eigenvalue weighted by molar-refractivity contribution is -0.119. The Morgan fingerprint density at radius 1 is 1.32 bits per heavy atom. The van der Waals surface area contributed by atoms with Gasteiger partial charge in [-0.25, -0.2) is 0 Å². The first-order valence-electron chi connectivity index (χ1n) is 6.97. The van der Waals surface area contributed by atoms with Crippen LogP contribution in [0.3, 0.4) is 0 Å². The van der Waals surface area contributed by atoms with Gasteiger partial charge in [0.05, 0.1) is 0 Å². The molecule has 1 amide bonds. The number of anilines is 1. The van der Waals surface area contributed by atoms with Crippen LogP contribution >= 0.6 is 15.9 Å². The van der Waals surface area contributed by atoms with Gasteiger partial charge in [-0.3, -0.25) is 4.79 Å². The van der Waals surface area contributed by atoms with Crippen LogP contribution in [0.5, 0.6) is 0 Å². The maximum absolute atomic E-state index is 11.6. The zero-order valence-electron chi connectivity index (χ0n) is 11.1. The summed E-state index contributed by atoms with van der Waals surface area (Å²) in [5.41, 5.74) is 6.47. The van der Waals surface area contributed by atoms with E-state index in [1.807, 2.05) is 24.3 Å². The van der Waals surface area contributed by atoms with Crippen LogP contribution in [0.25, 0.3) is 0 Å². The van der Waals surface area contributed by atoms with Gasteiger partial charge in [-0.1, -0.05) is 44.2 Å². The highest BCUT2D eigenvalue weighted by molar-refractivity contribution is 9.10. The van der Waals surface area contributed by atoms with E-state index in [0.717, 1.165) is 16.6 Å². The SMILES string of the molecule is NC(=O)C(CC1CCCCC1)Nc1ccccc1Br. The first-order valence-corrected chi connectivity index (χ1v) is 7.76. The summed E-state index contributed by atoms with van der Waals surface area (Å²) in [5.74, 6) is 0.363. The highest BCUT2D eigenvalue weighted by atomic mass is 79.9. The molecule has 0 spiro atoms. The molecule has 1 aromatic rings. The van der Waals surface area contributed by atoms with E-state index in [4.69, 9.17) is 5.73 Å².